The Hall–Kier alpha value is -2.26. The van der Waals surface area contributed by atoms with Crippen molar-refractivity contribution in [3.05, 3.63) is 70.8 Å². The Labute approximate surface area is 129 Å². The van der Waals surface area contributed by atoms with Gasteiger partial charge in [-0.2, -0.15) is 0 Å². The number of hydrogen-bond acceptors (Lipinski definition) is 2. The van der Waals surface area contributed by atoms with E-state index in [4.69, 9.17) is 16.3 Å². The summed E-state index contributed by atoms with van der Waals surface area (Å²) < 4.78 is 5.24. The molecule has 0 aliphatic rings. The molecule has 0 saturated carbocycles. The van der Waals surface area contributed by atoms with Crippen LogP contribution < -0.4 is 10.1 Å². The molecule has 0 aliphatic carbocycles. The highest BCUT2D eigenvalue weighted by molar-refractivity contribution is 6.32. The molecule has 2 rings (SSSR count). The first-order valence-electron chi connectivity index (χ1n) is 6.53. The first-order chi connectivity index (χ1) is 10.2. The largest absolute Gasteiger partial charge is 0.496 e. The van der Waals surface area contributed by atoms with Gasteiger partial charge in [0.05, 0.1) is 7.11 Å². The molecule has 4 heteroatoms. The van der Waals surface area contributed by atoms with E-state index in [1.807, 2.05) is 42.5 Å². The monoisotopic (exact) mass is 301 g/mol. The van der Waals surface area contributed by atoms with Crippen molar-refractivity contribution in [3.63, 3.8) is 0 Å². The summed E-state index contributed by atoms with van der Waals surface area (Å²) in [4.78, 5) is 11.8. The van der Waals surface area contributed by atoms with E-state index in [1.54, 1.807) is 19.3 Å². The maximum Gasteiger partial charge on any atom is 0.244 e. The standard InChI is InChI=1S/C17H16ClNO2/c1-21-16-9-5-3-7-14(16)12-19-17(20)11-10-13-6-2-4-8-15(13)18/h2-11H,12H2,1H3,(H,19,20). The van der Waals surface area contributed by atoms with Crippen molar-refractivity contribution in [3.8, 4) is 5.75 Å². The van der Waals surface area contributed by atoms with Crippen LogP contribution in [0, 0.1) is 0 Å². The molecule has 0 bridgehead atoms. The summed E-state index contributed by atoms with van der Waals surface area (Å²) in [6.07, 6.45) is 3.16. The van der Waals surface area contributed by atoms with Crippen LogP contribution in [-0.2, 0) is 11.3 Å². The van der Waals surface area contributed by atoms with Crippen molar-refractivity contribution in [2.24, 2.45) is 0 Å². The van der Waals surface area contributed by atoms with Crippen molar-refractivity contribution in [1.82, 2.24) is 5.32 Å². The number of methoxy groups -OCH3 is 1. The van der Waals surface area contributed by atoms with Gasteiger partial charge in [-0.05, 0) is 23.8 Å². The molecule has 0 atom stereocenters. The summed E-state index contributed by atoms with van der Waals surface area (Å²) >= 11 is 6.02. The number of rotatable bonds is 5. The molecular formula is C17H16ClNO2. The number of hydrogen-bond donors (Lipinski definition) is 1. The topological polar surface area (TPSA) is 38.3 Å². The summed E-state index contributed by atoms with van der Waals surface area (Å²) in [7, 11) is 1.61. The SMILES string of the molecule is COc1ccccc1CNC(=O)C=Cc1ccccc1Cl. The van der Waals surface area contributed by atoms with Gasteiger partial charge in [-0.1, -0.05) is 48.0 Å². The summed E-state index contributed by atoms with van der Waals surface area (Å²) in [6, 6.07) is 14.9. The Bertz CT molecular complexity index is 653. The molecule has 0 aromatic heterocycles. The van der Waals surface area contributed by atoms with E-state index >= 15 is 0 Å². The maximum atomic E-state index is 11.8. The molecule has 21 heavy (non-hydrogen) atoms. The predicted octanol–water partition coefficient (Wildman–Crippen LogP) is 3.68. The maximum absolute atomic E-state index is 11.8. The van der Waals surface area contributed by atoms with Gasteiger partial charge >= 0.3 is 0 Å². The van der Waals surface area contributed by atoms with Crippen molar-refractivity contribution >= 4 is 23.6 Å². The molecule has 0 saturated heterocycles. The second-order valence-corrected chi connectivity index (χ2v) is 4.79. The second-order valence-electron chi connectivity index (χ2n) is 4.38. The molecule has 0 aliphatic heterocycles. The highest BCUT2D eigenvalue weighted by Crippen LogP contribution is 2.17. The first kappa shape index (κ1) is 15.1. The molecule has 0 fully saturated rings. The number of halogens is 1. The van der Waals surface area contributed by atoms with Crippen molar-refractivity contribution < 1.29 is 9.53 Å². The van der Waals surface area contributed by atoms with Crippen LogP contribution in [0.1, 0.15) is 11.1 Å². The lowest BCUT2D eigenvalue weighted by Gasteiger charge is -2.08. The number of benzene rings is 2. The van der Waals surface area contributed by atoms with Crippen LogP contribution in [0.3, 0.4) is 0 Å². The van der Waals surface area contributed by atoms with Gasteiger partial charge in [0.15, 0.2) is 0 Å². The third-order valence-corrected chi connectivity index (χ3v) is 3.31. The molecular weight excluding hydrogens is 286 g/mol. The smallest absolute Gasteiger partial charge is 0.244 e. The quantitative estimate of drug-likeness (QED) is 0.856. The number of nitrogens with one attached hydrogen (secondary N) is 1. The fourth-order valence-corrected chi connectivity index (χ4v) is 2.06. The molecule has 1 N–H and O–H groups in total. The minimum atomic E-state index is -0.180. The van der Waals surface area contributed by atoms with Crippen LogP contribution in [0.25, 0.3) is 6.08 Å². The van der Waals surface area contributed by atoms with Gasteiger partial charge in [-0.25, -0.2) is 0 Å². The third kappa shape index (κ3) is 4.36. The minimum Gasteiger partial charge on any atom is -0.496 e. The zero-order valence-electron chi connectivity index (χ0n) is 11.7. The number of carbonyl (C=O) groups is 1. The minimum absolute atomic E-state index is 0.180. The van der Waals surface area contributed by atoms with Gasteiger partial charge in [-0.3, -0.25) is 4.79 Å². The van der Waals surface area contributed by atoms with Gasteiger partial charge in [0.2, 0.25) is 5.91 Å². The lowest BCUT2D eigenvalue weighted by Crippen LogP contribution is -2.20. The van der Waals surface area contributed by atoms with E-state index in [2.05, 4.69) is 5.32 Å². The number of amides is 1. The molecule has 0 unspecified atom stereocenters. The molecule has 108 valence electrons. The van der Waals surface area contributed by atoms with Crippen LogP contribution in [0.4, 0.5) is 0 Å². The Balaban J connectivity index is 1.95. The molecule has 3 nitrogen and oxygen atoms in total. The molecule has 2 aromatic rings. The van der Waals surface area contributed by atoms with E-state index in [0.29, 0.717) is 11.6 Å². The van der Waals surface area contributed by atoms with Crippen LogP contribution in [0.5, 0.6) is 5.75 Å². The number of para-hydroxylation sites is 1. The molecule has 0 spiro atoms. The zero-order chi connectivity index (χ0) is 15.1. The van der Waals surface area contributed by atoms with Gasteiger partial charge < -0.3 is 10.1 Å². The lowest BCUT2D eigenvalue weighted by atomic mass is 10.2. The zero-order valence-corrected chi connectivity index (χ0v) is 12.4. The highest BCUT2D eigenvalue weighted by atomic mass is 35.5. The average Bonchev–Trinajstić information content (AvgIpc) is 2.52. The number of ether oxygens (including phenoxy) is 1. The van der Waals surface area contributed by atoms with E-state index in [9.17, 15) is 4.79 Å². The van der Waals surface area contributed by atoms with Gasteiger partial charge in [0.25, 0.3) is 0 Å². The summed E-state index contributed by atoms with van der Waals surface area (Å²) in [5, 5.41) is 3.43. The van der Waals surface area contributed by atoms with Crippen LogP contribution >= 0.6 is 11.6 Å². The van der Waals surface area contributed by atoms with Crippen LogP contribution in [0.15, 0.2) is 54.6 Å². The summed E-state index contributed by atoms with van der Waals surface area (Å²) in [6.45, 7) is 0.412. The third-order valence-electron chi connectivity index (χ3n) is 2.97. The van der Waals surface area contributed by atoms with Gasteiger partial charge in [-0.15, -0.1) is 0 Å². The van der Waals surface area contributed by atoms with E-state index in [0.717, 1.165) is 16.9 Å². The first-order valence-corrected chi connectivity index (χ1v) is 6.91. The molecule has 0 radical (unpaired) electrons. The van der Waals surface area contributed by atoms with E-state index < -0.39 is 0 Å². The van der Waals surface area contributed by atoms with Crippen molar-refractivity contribution in [2.45, 2.75) is 6.54 Å². The summed E-state index contributed by atoms with van der Waals surface area (Å²) in [5.74, 6) is 0.578. The normalized spacial score (nSPS) is 10.6. The average molecular weight is 302 g/mol. The van der Waals surface area contributed by atoms with Crippen molar-refractivity contribution in [1.29, 1.82) is 0 Å². The van der Waals surface area contributed by atoms with Gasteiger partial charge in [0.1, 0.15) is 5.75 Å². The van der Waals surface area contributed by atoms with Gasteiger partial charge in [0, 0.05) is 23.2 Å². The van der Waals surface area contributed by atoms with Crippen molar-refractivity contribution in [2.75, 3.05) is 7.11 Å². The second kappa shape index (κ2) is 7.50. The van der Waals surface area contributed by atoms with Crippen LogP contribution in [-0.4, -0.2) is 13.0 Å². The molecule has 2 aromatic carbocycles. The Kier molecular flexibility index (Phi) is 5.41. The van der Waals surface area contributed by atoms with E-state index in [1.165, 1.54) is 6.08 Å². The van der Waals surface area contributed by atoms with Crippen LogP contribution in [0.2, 0.25) is 5.02 Å². The summed E-state index contributed by atoms with van der Waals surface area (Å²) in [5.41, 5.74) is 1.74. The fourth-order valence-electron chi connectivity index (χ4n) is 1.87. The molecule has 1 amide bonds. The molecule has 0 heterocycles. The highest BCUT2D eigenvalue weighted by Gasteiger charge is 2.03. The Morgan fingerprint density at radius 3 is 2.67 bits per heavy atom. The van der Waals surface area contributed by atoms with E-state index in [-0.39, 0.29) is 5.91 Å². The lowest BCUT2D eigenvalue weighted by molar-refractivity contribution is -0.116. The Morgan fingerprint density at radius 2 is 1.90 bits per heavy atom. The number of carbonyl (C=O) groups excluding carboxylic acids is 1. The Morgan fingerprint density at radius 1 is 1.19 bits per heavy atom. The predicted molar refractivity (Wildman–Crippen MR) is 85.3 cm³/mol. The fraction of sp³-hybridized carbons (Fsp3) is 0.118.